The van der Waals surface area contributed by atoms with Crippen molar-refractivity contribution in [3.63, 3.8) is 0 Å². The van der Waals surface area contributed by atoms with Gasteiger partial charge >= 0.3 is 5.97 Å². The van der Waals surface area contributed by atoms with Gasteiger partial charge in [-0.1, -0.05) is 0 Å². The van der Waals surface area contributed by atoms with Crippen molar-refractivity contribution in [3.05, 3.63) is 24.0 Å². The molecule has 0 N–H and O–H groups in total. The van der Waals surface area contributed by atoms with Gasteiger partial charge in [-0.2, -0.15) is 5.10 Å². The van der Waals surface area contributed by atoms with Gasteiger partial charge < -0.3 is 4.43 Å². The molecule has 70 valence electrons. The molecule has 0 aliphatic rings. The molecule has 1 aromatic heterocycles. The monoisotopic (exact) mass is 196 g/mol. The predicted molar refractivity (Wildman–Crippen MR) is 50.8 cm³/mol. The zero-order valence-corrected chi connectivity index (χ0v) is 8.94. The Morgan fingerprint density at radius 3 is 2.62 bits per heavy atom. The normalized spacial score (nSPS) is 11.0. The first-order valence-corrected chi connectivity index (χ1v) is 7.41. The summed E-state index contributed by atoms with van der Waals surface area (Å²) in [5.74, 6) is -0.382. The van der Waals surface area contributed by atoms with E-state index in [1.165, 1.54) is 6.20 Å². The molecule has 4 nitrogen and oxygen atoms in total. The largest absolute Gasteiger partial charge is 0.515 e. The van der Waals surface area contributed by atoms with E-state index in [1.54, 1.807) is 12.1 Å². The molecule has 1 heterocycles. The van der Waals surface area contributed by atoms with Gasteiger partial charge in [0.2, 0.25) is 8.32 Å². The number of carbonyl (C=O) groups excluding carboxylic acids is 1. The molecule has 0 fully saturated rings. The average Bonchev–Trinajstić information content (AvgIpc) is 2.03. The lowest BCUT2D eigenvalue weighted by Gasteiger charge is -2.16. The molecule has 0 radical (unpaired) electrons. The Morgan fingerprint density at radius 1 is 1.46 bits per heavy atom. The van der Waals surface area contributed by atoms with Crippen molar-refractivity contribution < 1.29 is 9.22 Å². The maximum absolute atomic E-state index is 11.4. The molecular formula is C8H12N2O2Si. The van der Waals surface area contributed by atoms with E-state index in [0.717, 1.165) is 0 Å². The molecule has 13 heavy (non-hydrogen) atoms. The smallest absolute Gasteiger partial charge is 0.345 e. The van der Waals surface area contributed by atoms with Crippen LogP contribution in [0.15, 0.2) is 18.3 Å². The summed E-state index contributed by atoms with van der Waals surface area (Å²) >= 11 is 0. The number of aromatic nitrogens is 2. The molecule has 0 aromatic carbocycles. The number of hydrogen-bond donors (Lipinski definition) is 0. The molecule has 0 atom stereocenters. The van der Waals surface area contributed by atoms with Gasteiger partial charge in [-0.15, -0.1) is 5.10 Å². The summed E-state index contributed by atoms with van der Waals surface area (Å²) in [5, 5.41) is 7.26. The van der Waals surface area contributed by atoms with Gasteiger partial charge in [0.05, 0.1) is 0 Å². The molecule has 0 amide bonds. The van der Waals surface area contributed by atoms with E-state index in [-0.39, 0.29) is 11.7 Å². The lowest BCUT2D eigenvalue weighted by molar-refractivity contribution is 0.0717. The zero-order chi connectivity index (χ0) is 9.90. The molecule has 0 spiro atoms. The summed E-state index contributed by atoms with van der Waals surface area (Å²) in [7, 11) is -1.82. The molecule has 0 saturated heterocycles. The second-order valence-electron chi connectivity index (χ2n) is 3.61. The molecule has 0 aliphatic heterocycles. The van der Waals surface area contributed by atoms with Crippen LogP contribution in [0, 0.1) is 0 Å². The third-order valence-corrected chi connectivity index (χ3v) is 1.98. The topological polar surface area (TPSA) is 52.1 Å². The van der Waals surface area contributed by atoms with Crippen molar-refractivity contribution >= 4 is 14.3 Å². The van der Waals surface area contributed by atoms with Crippen LogP contribution in [0.1, 0.15) is 10.5 Å². The molecule has 0 aliphatic carbocycles. The van der Waals surface area contributed by atoms with Crippen LogP contribution in [0.5, 0.6) is 0 Å². The highest BCUT2D eigenvalue weighted by atomic mass is 28.4. The maximum Gasteiger partial charge on any atom is 0.345 e. The number of hydrogen-bond acceptors (Lipinski definition) is 4. The van der Waals surface area contributed by atoms with Crippen LogP contribution in [0.25, 0.3) is 0 Å². The molecule has 5 heteroatoms. The molecule has 1 aromatic rings. The molecule has 0 unspecified atom stereocenters. The van der Waals surface area contributed by atoms with Crippen LogP contribution in [0.4, 0.5) is 0 Å². The second-order valence-corrected chi connectivity index (χ2v) is 8.04. The first-order chi connectivity index (χ1) is 5.99. The van der Waals surface area contributed by atoms with E-state index < -0.39 is 8.32 Å². The SMILES string of the molecule is C[Si](C)(C)OC(=O)c1cccnn1. The first kappa shape index (κ1) is 9.85. The Morgan fingerprint density at radius 2 is 2.15 bits per heavy atom. The van der Waals surface area contributed by atoms with Crippen LogP contribution in [-0.4, -0.2) is 24.5 Å². The number of nitrogens with zero attached hydrogens (tertiary/aromatic N) is 2. The van der Waals surface area contributed by atoms with Crippen molar-refractivity contribution in [3.8, 4) is 0 Å². The lowest BCUT2D eigenvalue weighted by atomic mass is 10.4. The minimum Gasteiger partial charge on any atom is -0.515 e. The van der Waals surface area contributed by atoms with E-state index in [1.807, 2.05) is 19.6 Å². The van der Waals surface area contributed by atoms with Gasteiger partial charge in [0, 0.05) is 6.20 Å². The van der Waals surface area contributed by atoms with Crippen LogP contribution < -0.4 is 0 Å². The molecule has 0 bridgehead atoms. The highest BCUT2D eigenvalue weighted by Gasteiger charge is 2.21. The minimum absolute atomic E-state index is 0.268. The molecular weight excluding hydrogens is 184 g/mol. The molecule has 1 rings (SSSR count). The van der Waals surface area contributed by atoms with Crippen LogP contribution in [0.2, 0.25) is 19.6 Å². The van der Waals surface area contributed by atoms with Gasteiger partial charge in [0.25, 0.3) is 0 Å². The highest BCUT2D eigenvalue weighted by Crippen LogP contribution is 2.06. The fourth-order valence-electron chi connectivity index (χ4n) is 0.741. The standard InChI is InChI=1S/C8H12N2O2Si/c1-13(2,3)12-8(11)7-5-4-6-9-10-7/h4-6H,1-3H3. The van der Waals surface area contributed by atoms with Crippen LogP contribution >= 0.6 is 0 Å². The van der Waals surface area contributed by atoms with Gasteiger partial charge in [0.1, 0.15) is 0 Å². The van der Waals surface area contributed by atoms with Gasteiger partial charge in [-0.05, 0) is 31.8 Å². The van der Waals surface area contributed by atoms with E-state index in [0.29, 0.717) is 0 Å². The van der Waals surface area contributed by atoms with Crippen molar-refractivity contribution in [2.45, 2.75) is 19.6 Å². The zero-order valence-electron chi connectivity index (χ0n) is 7.94. The summed E-state index contributed by atoms with van der Waals surface area (Å²) in [6.45, 7) is 5.84. The predicted octanol–water partition coefficient (Wildman–Crippen LogP) is 1.47. The Bertz CT molecular complexity index is 295. The Kier molecular flexibility index (Phi) is 2.77. The average molecular weight is 196 g/mol. The van der Waals surface area contributed by atoms with E-state index in [2.05, 4.69) is 10.2 Å². The van der Waals surface area contributed by atoms with E-state index in [4.69, 9.17) is 4.43 Å². The second kappa shape index (κ2) is 3.65. The fourth-order valence-corrected chi connectivity index (χ4v) is 1.40. The van der Waals surface area contributed by atoms with Crippen LogP contribution in [-0.2, 0) is 4.43 Å². The molecule has 0 saturated carbocycles. The summed E-state index contributed by atoms with van der Waals surface area (Å²) in [6, 6.07) is 3.25. The van der Waals surface area contributed by atoms with Crippen molar-refractivity contribution in [2.75, 3.05) is 0 Å². The lowest BCUT2D eigenvalue weighted by Crippen LogP contribution is -2.29. The van der Waals surface area contributed by atoms with Crippen molar-refractivity contribution in [1.82, 2.24) is 10.2 Å². The summed E-state index contributed by atoms with van der Waals surface area (Å²) in [4.78, 5) is 11.4. The minimum atomic E-state index is -1.82. The Hall–Kier alpha value is -1.23. The van der Waals surface area contributed by atoms with Gasteiger partial charge in [-0.25, -0.2) is 4.79 Å². The third-order valence-electron chi connectivity index (χ3n) is 1.18. The quantitative estimate of drug-likeness (QED) is 0.672. The van der Waals surface area contributed by atoms with Crippen molar-refractivity contribution in [2.24, 2.45) is 0 Å². The number of rotatable bonds is 2. The van der Waals surface area contributed by atoms with E-state index in [9.17, 15) is 4.79 Å². The third kappa shape index (κ3) is 3.33. The van der Waals surface area contributed by atoms with E-state index >= 15 is 0 Å². The van der Waals surface area contributed by atoms with Crippen LogP contribution in [0.3, 0.4) is 0 Å². The van der Waals surface area contributed by atoms with Gasteiger partial charge in [-0.3, -0.25) is 0 Å². The highest BCUT2D eigenvalue weighted by molar-refractivity contribution is 6.71. The van der Waals surface area contributed by atoms with Gasteiger partial charge in [0.15, 0.2) is 5.69 Å². The Labute approximate surface area is 78.1 Å². The fraction of sp³-hybridized carbons (Fsp3) is 0.375. The number of carbonyl (C=O) groups is 1. The summed E-state index contributed by atoms with van der Waals surface area (Å²) < 4.78 is 5.22. The maximum atomic E-state index is 11.4. The summed E-state index contributed by atoms with van der Waals surface area (Å²) in [6.07, 6.45) is 1.52. The Balaban J connectivity index is 2.71. The summed E-state index contributed by atoms with van der Waals surface area (Å²) in [5.41, 5.74) is 0.268. The van der Waals surface area contributed by atoms with Crippen molar-refractivity contribution in [1.29, 1.82) is 0 Å². The first-order valence-electron chi connectivity index (χ1n) is 4.00.